The standard InChI is InChI=1S/C18H23N3O2S/c1-12(2)17(23)20-8-7-19-16(22)10-15-11-24-18(21-15)14-6-4-5-13(3)9-14/h4-6,9,11-12H,7-8,10H2,1-3H3,(H,19,22)(H,20,23). The fraction of sp³-hybridized carbons (Fsp3) is 0.389. The van der Waals surface area contributed by atoms with Crippen molar-refractivity contribution in [2.24, 2.45) is 5.92 Å². The van der Waals surface area contributed by atoms with Gasteiger partial charge in [0.05, 0.1) is 12.1 Å². The number of carbonyl (C=O) groups is 2. The zero-order valence-corrected chi connectivity index (χ0v) is 15.1. The summed E-state index contributed by atoms with van der Waals surface area (Å²) in [6.07, 6.45) is 0.250. The van der Waals surface area contributed by atoms with Crippen LogP contribution in [0.25, 0.3) is 10.6 Å². The minimum atomic E-state index is -0.0881. The first-order valence-electron chi connectivity index (χ1n) is 8.01. The number of amides is 2. The van der Waals surface area contributed by atoms with Crippen molar-refractivity contribution < 1.29 is 9.59 Å². The van der Waals surface area contributed by atoms with Crippen LogP contribution in [0.5, 0.6) is 0 Å². The first kappa shape index (κ1) is 18.1. The lowest BCUT2D eigenvalue weighted by atomic mass is 10.1. The van der Waals surface area contributed by atoms with Crippen molar-refractivity contribution >= 4 is 23.2 Å². The summed E-state index contributed by atoms with van der Waals surface area (Å²) in [6.45, 7) is 6.58. The number of carbonyl (C=O) groups excluding carboxylic acids is 2. The molecule has 0 saturated carbocycles. The smallest absolute Gasteiger partial charge is 0.226 e. The van der Waals surface area contributed by atoms with Crippen LogP contribution >= 0.6 is 11.3 Å². The van der Waals surface area contributed by atoms with Crippen LogP contribution in [-0.4, -0.2) is 29.9 Å². The molecule has 0 radical (unpaired) electrons. The lowest BCUT2D eigenvalue weighted by Gasteiger charge is -2.08. The number of aryl methyl sites for hydroxylation is 1. The van der Waals surface area contributed by atoms with Gasteiger partial charge in [-0.25, -0.2) is 4.98 Å². The zero-order valence-electron chi connectivity index (χ0n) is 14.3. The van der Waals surface area contributed by atoms with Crippen LogP contribution in [0.4, 0.5) is 0 Å². The highest BCUT2D eigenvalue weighted by atomic mass is 32.1. The van der Waals surface area contributed by atoms with Crippen LogP contribution in [0.3, 0.4) is 0 Å². The minimum absolute atomic E-state index is 0.00783. The summed E-state index contributed by atoms with van der Waals surface area (Å²) < 4.78 is 0. The van der Waals surface area contributed by atoms with E-state index in [2.05, 4.69) is 21.7 Å². The second-order valence-electron chi connectivity index (χ2n) is 5.99. The van der Waals surface area contributed by atoms with Crippen molar-refractivity contribution in [1.29, 1.82) is 0 Å². The maximum absolute atomic E-state index is 11.9. The van der Waals surface area contributed by atoms with Gasteiger partial charge in [-0.15, -0.1) is 11.3 Å². The van der Waals surface area contributed by atoms with Gasteiger partial charge in [-0.05, 0) is 13.0 Å². The normalized spacial score (nSPS) is 10.7. The molecule has 2 N–H and O–H groups in total. The number of hydrogen-bond acceptors (Lipinski definition) is 4. The lowest BCUT2D eigenvalue weighted by molar-refractivity contribution is -0.124. The van der Waals surface area contributed by atoms with Crippen molar-refractivity contribution in [2.45, 2.75) is 27.2 Å². The Morgan fingerprint density at radius 3 is 2.67 bits per heavy atom. The van der Waals surface area contributed by atoms with Gasteiger partial charge in [0, 0.05) is 30.0 Å². The second-order valence-corrected chi connectivity index (χ2v) is 6.84. The average molecular weight is 345 g/mol. The van der Waals surface area contributed by atoms with Gasteiger partial charge in [-0.2, -0.15) is 0 Å². The predicted molar refractivity (Wildman–Crippen MR) is 96.8 cm³/mol. The molecule has 0 aliphatic carbocycles. The highest BCUT2D eigenvalue weighted by Crippen LogP contribution is 2.24. The summed E-state index contributed by atoms with van der Waals surface area (Å²) >= 11 is 1.54. The largest absolute Gasteiger partial charge is 0.354 e. The quantitative estimate of drug-likeness (QED) is 0.758. The monoisotopic (exact) mass is 345 g/mol. The molecule has 0 bridgehead atoms. The Morgan fingerprint density at radius 2 is 1.96 bits per heavy atom. The van der Waals surface area contributed by atoms with Gasteiger partial charge in [0.1, 0.15) is 5.01 Å². The van der Waals surface area contributed by atoms with Crippen LogP contribution in [0.1, 0.15) is 25.1 Å². The van der Waals surface area contributed by atoms with E-state index in [1.54, 1.807) is 11.3 Å². The Balaban J connectivity index is 1.80. The Hall–Kier alpha value is -2.21. The summed E-state index contributed by atoms with van der Waals surface area (Å²) in [6, 6.07) is 8.15. The van der Waals surface area contributed by atoms with Crippen molar-refractivity contribution in [3.05, 3.63) is 40.9 Å². The van der Waals surface area contributed by atoms with E-state index in [0.29, 0.717) is 13.1 Å². The van der Waals surface area contributed by atoms with Gasteiger partial charge in [0.15, 0.2) is 0 Å². The molecule has 128 valence electrons. The molecule has 0 spiro atoms. The summed E-state index contributed by atoms with van der Waals surface area (Å²) in [5, 5.41) is 8.40. The fourth-order valence-corrected chi connectivity index (χ4v) is 2.93. The Bertz CT molecular complexity index is 710. The Kier molecular flexibility index (Phi) is 6.49. The van der Waals surface area contributed by atoms with Crippen LogP contribution < -0.4 is 10.6 Å². The third kappa shape index (κ3) is 5.45. The van der Waals surface area contributed by atoms with E-state index >= 15 is 0 Å². The molecular formula is C18H23N3O2S. The summed E-state index contributed by atoms with van der Waals surface area (Å²) in [7, 11) is 0. The van der Waals surface area contributed by atoms with E-state index in [1.165, 1.54) is 5.56 Å². The summed E-state index contributed by atoms with van der Waals surface area (Å²) in [4.78, 5) is 27.9. The molecule has 6 heteroatoms. The summed E-state index contributed by atoms with van der Waals surface area (Å²) in [5.74, 6) is -0.141. The maximum Gasteiger partial charge on any atom is 0.226 e. The Morgan fingerprint density at radius 1 is 1.21 bits per heavy atom. The van der Waals surface area contributed by atoms with E-state index in [0.717, 1.165) is 16.3 Å². The molecule has 0 aliphatic rings. The third-order valence-electron chi connectivity index (χ3n) is 3.43. The van der Waals surface area contributed by atoms with E-state index in [9.17, 15) is 9.59 Å². The molecule has 0 saturated heterocycles. The van der Waals surface area contributed by atoms with Gasteiger partial charge in [0.25, 0.3) is 0 Å². The zero-order chi connectivity index (χ0) is 17.5. The van der Waals surface area contributed by atoms with E-state index in [-0.39, 0.29) is 24.2 Å². The molecule has 2 amide bonds. The van der Waals surface area contributed by atoms with Crippen molar-refractivity contribution in [2.75, 3.05) is 13.1 Å². The van der Waals surface area contributed by atoms with Gasteiger partial charge in [0.2, 0.25) is 11.8 Å². The van der Waals surface area contributed by atoms with E-state index < -0.39 is 0 Å². The van der Waals surface area contributed by atoms with Crippen molar-refractivity contribution in [1.82, 2.24) is 15.6 Å². The molecule has 1 heterocycles. The molecule has 0 unspecified atom stereocenters. The van der Waals surface area contributed by atoms with Gasteiger partial charge < -0.3 is 10.6 Å². The molecular weight excluding hydrogens is 322 g/mol. The summed E-state index contributed by atoms with van der Waals surface area (Å²) in [5.41, 5.74) is 3.02. The molecule has 1 aromatic heterocycles. The number of thiazole rings is 1. The molecule has 0 fully saturated rings. The number of hydrogen-bond donors (Lipinski definition) is 2. The second kappa shape index (κ2) is 8.59. The predicted octanol–water partition coefficient (Wildman–Crippen LogP) is 2.55. The maximum atomic E-state index is 11.9. The SMILES string of the molecule is Cc1cccc(-c2nc(CC(=O)NCCNC(=O)C(C)C)cs2)c1. The molecule has 2 aromatic rings. The molecule has 1 aromatic carbocycles. The topological polar surface area (TPSA) is 71.1 Å². The first-order chi connectivity index (χ1) is 11.5. The van der Waals surface area contributed by atoms with Gasteiger partial charge >= 0.3 is 0 Å². The van der Waals surface area contributed by atoms with Crippen LogP contribution in [0.15, 0.2) is 29.6 Å². The van der Waals surface area contributed by atoms with Crippen molar-refractivity contribution in [3.8, 4) is 10.6 Å². The molecule has 2 rings (SSSR count). The Labute approximate surface area is 146 Å². The molecule has 5 nitrogen and oxygen atoms in total. The third-order valence-corrected chi connectivity index (χ3v) is 4.37. The van der Waals surface area contributed by atoms with Crippen molar-refractivity contribution in [3.63, 3.8) is 0 Å². The van der Waals surface area contributed by atoms with Crippen LogP contribution in [-0.2, 0) is 16.0 Å². The number of rotatable bonds is 7. The van der Waals surface area contributed by atoms with E-state index in [1.807, 2.05) is 44.4 Å². The number of nitrogens with one attached hydrogen (secondary N) is 2. The average Bonchev–Trinajstić information content (AvgIpc) is 2.99. The highest BCUT2D eigenvalue weighted by molar-refractivity contribution is 7.13. The minimum Gasteiger partial charge on any atom is -0.354 e. The highest BCUT2D eigenvalue weighted by Gasteiger charge is 2.10. The van der Waals surface area contributed by atoms with Crippen LogP contribution in [0, 0.1) is 12.8 Å². The lowest BCUT2D eigenvalue weighted by Crippen LogP contribution is -2.36. The fourth-order valence-electron chi connectivity index (χ4n) is 2.12. The molecule has 0 atom stereocenters. The van der Waals surface area contributed by atoms with Crippen LogP contribution in [0.2, 0.25) is 0 Å². The number of nitrogens with zero attached hydrogens (tertiary/aromatic N) is 1. The van der Waals surface area contributed by atoms with Gasteiger partial charge in [-0.3, -0.25) is 9.59 Å². The number of aromatic nitrogens is 1. The van der Waals surface area contributed by atoms with E-state index in [4.69, 9.17) is 0 Å². The molecule has 24 heavy (non-hydrogen) atoms. The molecule has 0 aliphatic heterocycles. The number of benzene rings is 1. The first-order valence-corrected chi connectivity index (χ1v) is 8.89. The van der Waals surface area contributed by atoms with Gasteiger partial charge in [-0.1, -0.05) is 37.6 Å².